The minimum Gasteiger partial charge on any atom is -0.493 e. The molecule has 2 aromatic rings. The van der Waals surface area contributed by atoms with Crippen LogP contribution in [0.4, 0.5) is 0 Å². The van der Waals surface area contributed by atoms with Crippen LogP contribution in [0.15, 0.2) is 42.5 Å². The fourth-order valence-electron chi connectivity index (χ4n) is 3.48. The van der Waals surface area contributed by atoms with Crippen molar-refractivity contribution in [2.24, 2.45) is 0 Å². The highest BCUT2D eigenvalue weighted by molar-refractivity contribution is 5.77. The Kier molecular flexibility index (Phi) is 6.76. The Morgan fingerprint density at radius 1 is 1.00 bits per heavy atom. The van der Waals surface area contributed by atoms with Gasteiger partial charge in [-0.15, -0.1) is 0 Å². The van der Waals surface area contributed by atoms with E-state index in [0.717, 1.165) is 55.5 Å². The first-order chi connectivity index (χ1) is 13.6. The van der Waals surface area contributed by atoms with Gasteiger partial charge in [-0.05, 0) is 36.8 Å². The monoisotopic (exact) mass is 385 g/mol. The summed E-state index contributed by atoms with van der Waals surface area (Å²) in [5.41, 5.74) is 2.25. The smallest absolute Gasteiger partial charge is 0.260 e. The lowest BCUT2D eigenvalue weighted by molar-refractivity contribution is -0.917. The van der Waals surface area contributed by atoms with Crippen LogP contribution < -0.4 is 19.1 Å². The minimum atomic E-state index is 0.0495. The highest BCUT2D eigenvalue weighted by atomic mass is 16.5. The van der Waals surface area contributed by atoms with Crippen LogP contribution in [-0.2, 0) is 11.3 Å². The van der Waals surface area contributed by atoms with Crippen molar-refractivity contribution < 1.29 is 23.9 Å². The van der Waals surface area contributed by atoms with E-state index in [0.29, 0.717) is 0 Å². The standard InChI is InChI=1S/C22H28N2O4/c1-17-6-4-5-7-19(17)28-16-22(25)24-12-10-23(11-13-24)15-18-8-9-20(26-2)21(14-18)27-3/h4-9,14H,10-13,15-16H2,1-3H3/p+1. The maximum atomic E-state index is 12.5. The summed E-state index contributed by atoms with van der Waals surface area (Å²) in [6.07, 6.45) is 0. The average molecular weight is 385 g/mol. The van der Waals surface area contributed by atoms with Crippen LogP contribution in [0.5, 0.6) is 17.2 Å². The molecule has 150 valence electrons. The van der Waals surface area contributed by atoms with Gasteiger partial charge < -0.3 is 24.0 Å². The van der Waals surface area contributed by atoms with E-state index >= 15 is 0 Å². The molecule has 2 aromatic carbocycles. The molecule has 0 saturated carbocycles. The number of rotatable bonds is 7. The van der Waals surface area contributed by atoms with Crippen LogP contribution in [0.2, 0.25) is 0 Å². The molecule has 0 aromatic heterocycles. The molecule has 0 atom stereocenters. The van der Waals surface area contributed by atoms with E-state index in [4.69, 9.17) is 14.2 Å². The van der Waals surface area contributed by atoms with Crippen molar-refractivity contribution >= 4 is 5.91 Å². The number of hydrogen-bond donors (Lipinski definition) is 1. The molecule has 0 unspecified atom stereocenters. The summed E-state index contributed by atoms with van der Waals surface area (Å²) in [7, 11) is 3.29. The lowest BCUT2D eigenvalue weighted by atomic mass is 10.1. The molecule has 0 bridgehead atoms. The van der Waals surface area contributed by atoms with Crippen LogP contribution >= 0.6 is 0 Å². The van der Waals surface area contributed by atoms with Crippen molar-refractivity contribution in [2.75, 3.05) is 47.0 Å². The third-order valence-corrected chi connectivity index (χ3v) is 5.17. The number of aryl methyl sites for hydroxylation is 1. The van der Waals surface area contributed by atoms with Gasteiger partial charge in [0, 0.05) is 5.56 Å². The molecule has 0 aliphatic carbocycles. The van der Waals surface area contributed by atoms with Gasteiger partial charge in [-0.1, -0.05) is 18.2 Å². The van der Waals surface area contributed by atoms with Crippen LogP contribution in [0.1, 0.15) is 11.1 Å². The Hall–Kier alpha value is -2.73. The quantitative estimate of drug-likeness (QED) is 0.781. The van der Waals surface area contributed by atoms with Gasteiger partial charge in [-0.25, -0.2) is 0 Å². The van der Waals surface area contributed by atoms with E-state index in [2.05, 4.69) is 6.07 Å². The number of nitrogens with zero attached hydrogens (tertiary/aromatic N) is 1. The van der Waals surface area contributed by atoms with Crippen LogP contribution in [0.25, 0.3) is 0 Å². The Labute approximate surface area is 166 Å². The summed E-state index contributed by atoms with van der Waals surface area (Å²) in [6.45, 7) is 6.32. The van der Waals surface area contributed by atoms with Crippen molar-refractivity contribution in [1.29, 1.82) is 0 Å². The van der Waals surface area contributed by atoms with E-state index in [-0.39, 0.29) is 12.5 Å². The highest BCUT2D eigenvalue weighted by Gasteiger charge is 2.24. The second-order valence-corrected chi connectivity index (χ2v) is 7.05. The van der Waals surface area contributed by atoms with Gasteiger partial charge in [0.05, 0.1) is 40.4 Å². The SMILES string of the molecule is COc1ccc(C[NH+]2CCN(C(=O)COc3ccccc3C)CC2)cc1OC. The Morgan fingerprint density at radius 3 is 2.39 bits per heavy atom. The van der Waals surface area contributed by atoms with Crippen molar-refractivity contribution in [1.82, 2.24) is 4.90 Å². The number of methoxy groups -OCH3 is 2. The van der Waals surface area contributed by atoms with Gasteiger partial charge >= 0.3 is 0 Å². The zero-order chi connectivity index (χ0) is 19.9. The van der Waals surface area contributed by atoms with Gasteiger partial charge in [-0.3, -0.25) is 4.79 Å². The zero-order valence-corrected chi connectivity index (χ0v) is 16.9. The van der Waals surface area contributed by atoms with Crippen molar-refractivity contribution in [3.8, 4) is 17.2 Å². The number of amides is 1. The first-order valence-corrected chi connectivity index (χ1v) is 9.61. The molecule has 1 aliphatic heterocycles. The molecule has 28 heavy (non-hydrogen) atoms. The normalized spacial score (nSPS) is 14.6. The maximum absolute atomic E-state index is 12.5. The van der Waals surface area contributed by atoms with Crippen molar-refractivity contribution in [2.45, 2.75) is 13.5 Å². The number of ether oxygens (including phenoxy) is 3. The lowest BCUT2D eigenvalue weighted by Gasteiger charge is -2.32. The van der Waals surface area contributed by atoms with Gasteiger partial charge in [0.15, 0.2) is 18.1 Å². The van der Waals surface area contributed by atoms with E-state index in [1.165, 1.54) is 10.5 Å². The van der Waals surface area contributed by atoms with Crippen LogP contribution in [0, 0.1) is 6.92 Å². The van der Waals surface area contributed by atoms with Gasteiger partial charge in [0.2, 0.25) is 0 Å². The second kappa shape index (κ2) is 9.46. The number of carbonyl (C=O) groups is 1. The van der Waals surface area contributed by atoms with Gasteiger partial charge in [0.25, 0.3) is 5.91 Å². The fourth-order valence-corrected chi connectivity index (χ4v) is 3.48. The Morgan fingerprint density at radius 2 is 1.71 bits per heavy atom. The van der Waals surface area contributed by atoms with Crippen molar-refractivity contribution in [3.05, 3.63) is 53.6 Å². The number of benzene rings is 2. The minimum absolute atomic E-state index is 0.0495. The molecule has 1 saturated heterocycles. The second-order valence-electron chi connectivity index (χ2n) is 7.05. The number of nitrogens with one attached hydrogen (secondary N) is 1. The summed E-state index contributed by atoms with van der Waals surface area (Å²) < 4.78 is 16.4. The topological polar surface area (TPSA) is 52.4 Å². The van der Waals surface area contributed by atoms with Crippen molar-refractivity contribution in [3.63, 3.8) is 0 Å². The number of piperazine rings is 1. The molecule has 1 fully saturated rings. The Balaban J connectivity index is 1.47. The summed E-state index contributed by atoms with van der Waals surface area (Å²) in [5.74, 6) is 2.31. The zero-order valence-electron chi connectivity index (χ0n) is 16.9. The van der Waals surface area contributed by atoms with Gasteiger partial charge in [-0.2, -0.15) is 0 Å². The molecule has 6 heteroatoms. The molecule has 0 spiro atoms. The molecule has 1 N–H and O–H groups in total. The molecule has 3 rings (SSSR count). The summed E-state index contributed by atoms with van der Waals surface area (Å²) in [4.78, 5) is 15.8. The molecule has 1 aliphatic rings. The molecular formula is C22H29N2O4+. The molecular weight excluding hydrogens is 356 g/mol. The van der Waals surface area contributed by atoms with E-state index < -0.39 is 0 Å². The van der Waals surface area contributed by atoms with Crippen LogP contribution in [0.3, 0.4) is 0 Å². The molecule has 0 radical (unpaired) electrons. The number of carbonyl (C=O) groups excluding carboxylic acids is 1. The predicted octanol–water partition coefficient (Wildman–Crippen LogP) is 1.32. The number of para-hydroxylation sites is 1. The van der Waals surface area contributed by atoms with E-state index in [9.17, 15) is 4.79 Å². The average Bonchev–Trinajstić information content (AvgIpc) is 2.73. The first kappa shape index (κ1) is 20.0. The number of quaternary nitrogens is 1. The molecule has 6 nitrogen and oxygen atoms in total. The third-order valence-electron chi connectivity index (χ3n) is 5.17. The fraction of sp³-hybridized carbons (Fsp3) is 0.409. The first-order valence-electron chi connectivity index (χ1n) is 9.61. The number of hydrogen-bond acceptors (Lipinski definition) is 4. The third kappa shape index (κ3) is 4.95. The lowest BCUT2D eigenvalue weighted by Crippen LogP contribution is -3.13. The van der Waals surface area contributed by atoms with E-state index in [1.54, 1.807) is 14.2 Å². The molecule has 1 amide bonds. The Bertz CT molecular complexity index is 801. The maximum Gasteiger partial charge on any atom is 0.260 e. The summed E-state index contributed by atoms with van der Waals surface area (Å²) in [6, 6.07) is 13.8. The van der Waals surface area contributed by atoms with Gasteiger partial charge in [0.1, 0.15) is 12.3 Å². The highest BCUT2D eigenvalue weighted by Crippen LogP contribution is 2.27. The largest absolute Gasteiger partial charge is 0.493 e. The van der Waals surface area contributed by atoms with E-state index in [1.807, 2.05) is 48.2 Å². The summed E-state index contributed by atoms with van der Waals surface area (Å²) in [5, 5.41) is 0. The summed E-state index contributed by atoms with van der Waals surface area (Å²) >= 11 is 0. The predicted molar refractivity (Wildman–Crippen MR) is 107 cm³/mol. The molecule has 1 heterocycles. The van der Waals surface area contributed by atoms with Crippen LogP contribution in [-0.4, -0.2) is 57.8 Å².